The van der Waals surface area contributed by atoms with E-state index in [0.29, 0.717) is 12.2 Å². The fourth-order valence-corrected chi connectivity index (χ4v) is 3.34. The monoisotopic (exact) mass is 229 g/mol. The van der Waals surface area contributed by atoms with Gasteiger partial charge in [0.05, 0.1) is 6.04 Å². The molecule has 0 amide bonds. The van der Waals surface area contributed by atoms with Crippen molar-refractivity contribution in [1.82, 2.24) is 5.32 Å². The molecule has 1 saturated heterocycles. The molecule has 2 nitrogen and oxygen atoms in total. The lowest BCUT2D eigenvalue weighted by Gasteiger charge is -2.25. The number of nitrogens with one attached hydrogen (secondary N) is 1. The second-order valence-corrected chi connectivity index (χ2v) is 5.45. The number of carbonyl (C=O) groups excluding carboxylic acids is 1. The minimum absolute atomic E-state index is 0.119. The maximum atomic E-state index is 11.7. The van der Waals surface area contributed by atoms with Gasteiger partial charge in [-0.3, -0.25) is 4.79 Å². The third kappa shape index (κ3) is 4.56. The zero-order valence-electron chi connectivity index (χ0n) is 9.92. The van der Waals surface area contributed by atoms with Gasteiger partial charge < -0.3 is 5.32 Å². The lowest BCUT2D eigenvalue weighted by atomic mass is 9.92. The van der Waals surface area contributed by atoms with E-state index in [1.165, 1.54) is 24.3 Å². The summed E-state index contributed by atoms with van der Waals surface area (Å²) in [6.07, 6.45) is 4.31. The van der Waals surface area contributed by atoms with Gasteiger partial charge in [-0.25, -0.2) is 0 Å². The van der Waals surface area contributed by atoms with Crippen LogP contribution in [0.3, 0.4) is 0 Å². The summed E-state index contributed by atoms with van der Waals surface area (Å²) >= 11 is 2.05. The summed E-state index contributed by atoms with van der Waals surface area (Å²) in [5.41, 5.74) is 0. The van der Waals surface area contributed by atoms with Crippen molar-refractivity contribution in [2.45, 2.75) is 45.6 Å². The topological polar surface area (TPSA) is 29.1 Å². The largest absolute Gasteiger partial charge is 0.308 e. The number of rotatable bonds is 6. The van der Waals surface area contributed by atoms with Crippen LogP contribution < -0.4 is 5.32 Å². The minimum Gasteiger partial charge on any atom is -0.308 e. The first-order chi connectivity index (χ1) is 7.27. The van der Waals surface area contributed by atoms with Gasteiger partial charge in [0.1, 0.15) is 5.78 Å². The van der Waals surface area contributed by atoms with Crippen molar-refractivity contribution in [3.63, 3.8) is 0 Å². The Morgan fingerprint density at radius 1 is 1.40 bits per heavy atom. The van der Waals surface area contributed by atoms with Gasteiger partial charge in [0.15, 0.2) is 0 Å². The maximum absolute atomic E-state index is 11.7. The van der Waals surface area contributed by atoms with Crippen LogP contribution in [0.4, 0.5) is 0 Å². The van der Waals surface area contributed by atoms with Gasteiger partial charge in [-0.15, -0.1) is 0 Å². The quantitative estimate of drug-likeness (QED) is 0.758. The molecular formula is C12H23NOS. The van der Waals surface area contributed by atoms with Crippen LogP contribution in [0.25, 0.3) is 0 Å². The Kier molecular flexibility index (Phi) is 6.34. The Labute approximate surface area is 97.6 Å². The van der Waals surface area contributed by atoms with E-state index in [2.05, 4.69) is 12.2 Å². The summed E-state index contributed by atoms with van der Waals surface area (Å²) in [7, 11) is 0. The Balaban J connectivity index is 2.38. The molecule has 1 rings (SSSR count). The van der Waals surface area contributed by atoms with Crippen molar-refractivity contribution in [3.05, 3.63) is 0 Å². The van der Waals surface area contributed by atoms with E-state index in [1.54, 1.807) is 0 Å². The SMILES string of the molecule is CCNC(CC1CCSCC1)C(=O)CC. The van der Waals surface area contributed by atoms with Gasteiger partial charge in [-0.05, 0) is 43.2 Å². The third-order valence-corrected chi connectivity index (χ3v) is 4.15. The van der Waals surface area contributed by atoms with E-state index < -0.39 is 0 Å². The highest BCUT2D eigenvalue weighted by atomic mass is 32.2. The van der Waals surface area contributed by atoms with Gasteiger partial charge in [0.25, 0.3) is 0 Å². The van der Waals surface area contributed by atoms with Crippen molar-refractivity contribution in [1.29, 1.82) is 0 Å². The van der Waals surface area contributed by atoms with Gasteiger partial charge in [-0.1, -0.05) is 13.8 Å². The normalized spacial score (nSPS) is 20.1. The number of ketones is 1. The van der Waals surface area contributed by atoms with Crippen molar-refractivity contribution in [3.8, 4) is 0 Å². The number of thioether (sulfide) groups is 1. The maximum Gasteiger partial charge on any atom is 0.149 e. The smallest absolute Gasteiger partial charge is 0.149 e. The van der Waals surface area contributed by atoms with Crippen molar-refractivity contribution in [2.75, 3.05) is 18.1 Å². The lowest BCUT2D eigenvalue weighted by Crippen LogP contribution is -2.38. The molecule has 0 spiro atoms. The molecule has 0 radical (unpaired) electrons. The van der Waals surface area contributed by atoms with E-state index in [-0.39, 0.29) is 6.04 Å². The van der Waals surface area contributed by atoms with E-state index >= 15 is 0 Å². The second kappa shape index (κ2) is 7.29. The first kappa shape index (κ1) is 13.0. The Hall–Kier alpha value is -0.0200. The molecule has 0 aromatic carbocycles. The number of likely N-dealkylation sites (N-methyl/N-ethyl adjacent to an activating group) is 1. The average Bonchev–Trinajstić information content (AvgIpc) is 2.29. The molecule has 0 aromatic heterocycles. The highest BCUT2D eigenvalue weighted by Crippen LogP contribution is 2.26. The molecule has 1 heterocycles. The molecule has 1 N–H and O–H groups in total. The molecule has 1 atom stereocenters. The molecular weight excluding hydrogens is 206 g/mol. The first-order valence-electron chi connectivity index (χ1n) is 6.11. The minimum atomic E-state index is 0.119. The summed E-state index contributed by atoms with van der Waals surface area (Å²) in [6.45, 7) is 4.94. The fourth-order valence-electron chi connectivity index (χ4n) is 2.14. The molecule has 3 heteroatoms. The van der Waals surface area contributed by atoms with Crippen LogP contribution in [0.1, 0.15) is 39.5 Å². The van der Waals surface area contributed by atoms with E-state index in [0.717, 1.165) is 18.9 Å². The van der Waals surface area contributed by atoms with Crippen LogP contribution in [-0.2, 0) is 4.79 Å². The van der Waals surface area contributed by atoms with Crippen LogP contribution in [0.15, 0.2) is 0 Å². The Morgan fingerprint density at radius 3 is 2.60 bits per heavy atom. The van der Waals surface area contributed by atoms with E-state index in [9.17, 15) is 4.79 Å². The molecule has 1 fully saturated rings. The number of hydrogen-bond acceptors (Lipinski definition) is 3. The van der Waals surface area contributed by atoms with Crippen LogP contribution in [-0.4, -0.2) is 29.9 Å². The van der Waals surface area contributed by atoms with Crippen LogP contribution >= 0.6 is 11.8 Å². The van der Waals surface area contributed by atoms with Gasteiger partial charge in [0.2, 0.25) is 0 Å². The van der Waals surface area contributed by atoms with Gasteiger partial charge >= 0.3 is 0 Å². The third-order valence-electron chi connectivity index (χ3n) is 3.10. The average molecular weight is 229 g/mol. The standard InChI is InChI=1S/C12H23NOS/c1-3-12(14)11(13-4-2)9-10-5-7-15-8-6-10/h10-11,13H,3-9H2,1-2H3. The Morgan fingerprint density at radius 2 is 2.07 bits per heavy atom. The molecule has 1 unspecified atom stereocenters. The number of carbonyl (C=O) groups is 1. The van der Waals surface area contributed by atoms with Crippen LogP contribution in [0.2, 0.25) is 0 Å². The van der Waals surface area contributed by atoms with E-state index in [1.807, 2.05) is 18.7 Å². The molecule has 0 bridgehead atoms. The molecule has 0 saturated carbocycles. The molecule has 1 aliphatic rings. The van der Waals surface area contributed by atoms with Crippen LogP contribution in [0.5, 0.6) is 0 Å². The molecule has 15 heavy (non-hydrogen) atoms. The summed E-state index contributed by atoms with van der Waals surface area (Å²) in [5.74, 6) is 3.72. The summed E-state index contributed by atoms with van der Waals surface area (Å²) < 4.78 is 0. The van der Waals surface area contributed by atoms with Gasteiger partial charge in [0, 0.05) is 6.42 Å². The molecule has 1 aliphatic heterocycles. The van der Waals surface area contributed by atoms with Crippen molar-refractivity contribution < 1.29 is 4.79 Å². The number of Topliss-reactive ketones (excluding diaryl/α,β-unsaturated/α-hetero) is 1. The predicted octanol–water partition coefficient (Wildman–Crippen LogP) is 2.48. The zero-order valence-corrected chi connectivity index (χ0v) is 10.7. The van der Waals surface area contributed by atoms with Crippen LogP contribution in [0, 0.1) is 5.92 Å². The molecule has 0 aromatic rings. The van der Waals surface area contributed by atoms with Gasteiger partial charge in [-0.2, -0.15) is 11.8 Å². The zero-order chi connectivity index (χ0) is 11.1. The summed E-state index contributed by atoms with van der Waals surface area (Å²) in [6, 6.07) is 0.119. The fraction of sp³-hybridized carbons (Fsp3) is 0.917. The second-order valence-electron chi connectivity index (χ2n) is 4.22. The molecule has 88 valence electrons. The Bertz CT molecular complexity index is 190. The van der Waals surface area contributed by atoms with E-state index in [4.69, 9.17) is 0 Å². The first-order valence-corrected chi connectivity index (χ1v) is 7.27. The van der Waals surface area contributed by atoms with Crippen molar-refractivity contribution in [2.24, 2.45) is 5.92 Å². The van der Waals surface area contributed by atoms with Crippen molar-refractivity contribution >= 4 is 17.5 Å². The summed E-state index contributed by atoms with van der Waals surface area (Å²) in [5, 5.41) is 3.32. The lowest BCUT2D eigenvalue weighted by molar-refractivity contribution is -0.121. The highest BCUT2D eigenvalue weighted by Gasteiger charge is 2.22. The number of hydrogen-bond donors (Lipinski definition) is 1. The molecule has 0 aliphatic carbocycles. The highest BCUT2D eigenvalue weighted by molar-refractivity contribution is 7.99. The summed E-state index contributed by atoms with van der Waals surface area (Å²) in [4.78, 5) is 11.7. The predicted molar refractivity (Wildman–Crippen MR) is 67.4 cm³/mol.